The van der Waals surface area contributed by atoms with Gasteiger partial charge in [-0.1, -0.05) is 25.0 Å². The van der Waals surface area contributed by atoms with E-state index in [1.165, 1.54) is 12.1 Å². The maximum absolute atomic E-state index is 13.0. The molecule has 0 aromatic heterocycles. The van der Waals surface area contributed by atoms with E-state index in [9.17, 15) is 27.6 Å². The minimum Gasteiger partial charge on any atom is -0.352 e. The highest BCUT2D eigenvalue weighted by Crippen LogP contribution is 2.35. The molecule has 3 rings (SSSR count). The summed E-state index contributed by atoms with van der Waals surface area (Å²) in [5.74, 6) is -1.09. The van der Waals surface area contributed by atoms with Gasteiger partial charge in [-0.25, -0.2) is 4.79 Å². The molecule has 0 atom stereocenters. The van der Waals surface area contributed by atoms with E-state index in [0.29, 0.717) is 12.8 Å². The van der Waals surface area contributed by atoms with Crippen molar-refractivity contribution >= 4 is 17.8 Å². The van der Waals surface area contributed by atoms with Crippen molar-refractivity contribution in [1.82, 2.24) is 15.5 Å². The summed E-state index contributed by atoms with van der Waals surface area (Å²) >= 11 is 0. The number of carbonyl (C=O) groups is 3. The highest BCUT2D eigenvalue weighted by atomic mass is 19.4. The molecule has 1 saturated heterocycles. The fourth-order valence-corrected chi connectivity index (χ4v) is 3.66. The molecule has 2 fully saturated rings. The quantitative estimate of drug-likeness (QED) is 0.606. The zero-order valence-corrected chi connectivity index (χ0v) is 14.6. The molecule has 0 radical (unpaired) electrons. The number of carbonyl (C=O) groups excluding carboxylic acids is 3. The molecular formula is C18H20F3N3O3. The van der Waals surface area contributed by atoms with Crippen molar-refractivity contribution in [1.29, 1.82) is 0 Å². The third-order valence-corrected chi connectivity index (χ3v) is 5.02. The lowest BCUT2D eigenvalue weighted by Crippen LogP contribution is -2.44. The Morgan fingerprint density at radius 1 is 1.19 bits per heavy atom. The molecule has 27 heavy (non-hydrogen) atoms. The number of hydrogen-bond donors (Lipinski definition) is 2. The maximum Gasteiger partial charge on any atom is 0.417 e. The molecule has 4 amide bonds. The van der Waals surface area contributed by atoms with E-state index in [1.54, 1.807) is 0 Å². The highest BCUT2D eigenvalue weighted by molar-refractivity contribution is 6.07. The smallest absolute Gasteiger partial charge is 0.352 e. The predicted molar refractivity (Wildman–Crippen MR) is 89.8 cm³/mol. The molecule has 2 aliphatic rings. The zero-order valence-electron chi connectivity index (χ0n) is 14.6. The molecular weight excluding hydrogens is 363 g/mol. The van der Waals surface area contributed by atoms with Crippen LogP contribution in [0.3, 0.4) is 0 Å². The number of alkyl halides is 3. The van der Waals surface area contributed by atoms with E-state index >= 15 is 0 Å². The summed E-state index contributed by atoms with van der Waals surface area (Å²) in [6.45, 7) is 0.155. The zero-order chi connectivity index (χ0) is 19.7. The third kappa shape index (κ3) is 3.77. The summed E-state index contributed by atoms with van der Waals surface area (Å²) in [7, 11) is 0. The van der Waals surface area contributed by atoms with Gasteiger partial charge in [-0.3, -0.25) is 14.5 Å². The molecule has 1 aromatic rings. The van der Waals surface area contributed by atoms with Crippen LogP contribution >= 0.6 is 0 Å². The van der Waals surface area contributed by atoms with Gasteiger partial charge in [0.1, 0.15) is 5.54 Å². The van der Waals surface area contributed by atoms with Crippen LogP contribution in [0.5, 0.6) is 0 Å². The lowest BCUT2D eigenvalue weighted by Gasteiger charge is -2.20. The van der Waals surface area contributed by atoms with Crippen LogP contribution in [0.4, 0.5) is 18.0 Å². The number of rotatable bonds is 5. The summed E-state index contributed by atoms with van der Waals surface area (Å²) in [6.07, 6.45) is -1.35. The summed E-state index contributed by atoms with van der Waals surface area (Å²) in [4.78, 5) is 37.7. The third-order valence-electron chi connectivity index (χ3n) is 5.02. The van der Waals surface area contributed by atoms with Gasteiger partial charge in [0.25, 0.3) is 11.8 Å². The van der Waals surface area contributed by atoms with Gasteiger partial charge in [0.05, 0.1) is 11.1 Å². The highest BCUT2D eigenvalue weighted by Gasteiger charge is 2.52. The number of imide groups is 1. The molecule has 2 N–H and O–H groups in total. The Balaban J connectivity index is 1.53. The van der Waals surface area contributed by atoms with Gasteiger partial charge in [0, 0.05) is 13.1 Å². The maximum atomic E-state index is 13.0. The van der Waals surface area contributed by atoms with Gasteiger partial charge in [-0.15, -0.1) is 0 Å². The van der Waals surface area contributed by atoms with Crippen molar-refractivity contribution in [2.75, 3.05) is 13.1 Å². The van der Waals surface area contributed by atoms with Crippen LogP contribution < -0.4 is 10.6 Å². The predicted octanol–water partition coefficient (Wildman–Crippen LogP) is 2.69. The summed E-state index contributed by atoms with van der Waals surface area (Å²) < 4.78 is 38.9. The fourth-order valence-electron chi connectivity index (χ4n) is 3.66. The van der Waals surface area contributed by atoms with E-state index in [4.69, 9.17) is 0 Å². The topological polar surface area (TPSA) is 78.5 Å². The molecule has 0 unspecified atom stereocenters. The number of halogens is 3. The first-order valence-electron chi connectivity index (χ1n) is 8.83. The molecule has 1 heterocycles. The van der Waals surface area contributed by atoms with Crippen molar-refractivity contribution in [2.24, 2.45) is 0 Å². The number of benzene rings is 1. The second kappa shape index (κ2) is 7.21. The Bertz CT molecular complexity index is 758. The van der Waals surface area contributed by atoms with Crippen LogP contribution in [-0.2, 0) is 11.0 Å². The Morgan fingerprint density at radius 2 is 1.85 bits per heavy atom. The van der Waals surface area contributed by atoms with E-state index in [1.807, 2.05) is 0 Å². The Hall–Kier alpha value is -2.58. The van der Waals surface area contributed by atoms with Gasteiger partial charge in [0.2, 0.25) is 0 Å². The monoisotopic (exact) mass is 383 g/mol. The lowest BCUT2D eigenvalue weighted by molar-refractivity contribution is -0.138. The molecule has 146 valence electrons. The van der Waals surface area contributed by atoms with Crippen LogP contribution in [0, 0.1) is 0 Å². The number of amides is 4. The van der Waals surface area contributed by atoms with Crippen molar-refractivity contribution in [2.45, 2.75) is 43.8 Å². The summed E-state index contributed by atoms with van der Waals surface area (Å²) in [6, 6.07) is 4.09. The Morgan fingerprint density at radius 3 is 2.52 bits per heavy atom. The minimum absolute atomic E-state index is 0.0507. The van der Waals surface area contributed by atoms with E-state index in [-0.39, 0.29) is 25.4 Å². The molecule has 6 nitrogen and oxygen atoms in total. The van der Waals surface area contributed by atoms with E-state index in [0.717, 1.165) is 29.9 Å². The fraction of sp³-hybridized carbons (Fsp3) is 0.500. The summed E-state index contributed by atoms with van der Waals surface area (Å²) in [5, 5.41) is 5.17. The van der Waals surface area contributed by atoms with Crippen molar-refractivity contribution in [3.63, 3.8) is 0 Å². The van der Waals surface area contributed by atoms with E-state index in [2.05, 4.69) is 10.6 Å². The number of nitrogens with zero attached hydrogens (tertiary/aromatic N) is 1. The van der Waals surface area contributed by atoms with Crippen molar-refractivity contribution in [3.8, 4) is 0 Å². The Labute approximate surface area is 154 Å². The summed E-state index contributed by atoms with van der Waals surface area (Å²) in [5.41, 5.74) is -2.24. The Kier molecular flexibility index (Phi) is 5.12. The number of urea groups is 1. The molecule has 1 aliphatic heterocycles. The van der Waals surface area contributed by atoms with Gasteiger partial charge in [-0.2, -0.15) is 13.2 Å². The molecule has 1 aromatic carbocycles. The van der Waals surface area contributed by atoms with Crippen LogP contribution in [-0.4, -0.2) is 41.4 Å². The number of nitrogens with one attached hydrogen (secondary N) is 2. The average molecular weight is 383 g/mol. The van der Waals surface area contributed by atoms with Crippen LogP contribution in [0.2, 0.25) is 0 Å². The number of hydrogen-bond acceptors (Lipinski definition) is 3. The minimum atomic E-state index is -4.62. The average Bonchev–Trinajstić information content (AvgIpc) is 3.17. The molecule has 1 aliphatic carbocycles. The second-order valence-electron chi connectivity index (χ2n) is 6.83. The van der Waals surface area contributed by atoms with Gasteiger partial charge in [-0.05, 0) is 31.4 Å². The van der Waals surface area contributed by atoms with Gasteiger partial charge in [0.15, 0.2) is 0 Å². The van der Waals surface area contributed by atoms with Crippen LogP contribution in [0.15, 0.2) is 24.3 Å². The van der Waals surface area contributed by atoms with Gasteiger partial charge < -0.3 is 10.6 Å². The molecule has 1 spiro atoms. The SMILES string of the molecule is O=C(NCCCN1C(=O)NC2(CCCC2)C1=O)c1ccccc1C(F)(F)F. The van der Waals surface area contributed by atoms with Crippen LogP contribution in [0.25, 0.3) is 0 Å². The molecule has 9 heteroatoms. The standard InChI is InChI=1S/C18H20F3N3O3/c19-18(20,21)13-7-2-1-6-12(13)14(25)22-10-5-11-24-15(26)17(23-16(24)27)8-3-4-9-17/h1-2,6-7H,3-5,8-11H2,(H,22,25)(H,23,27). The van der Waals surface area contributed by atoms with E-state index < -0.39 is 34.8 Å². The largest absolute Gasteiger partial charge is 0.417 e. The van der Waals surface area contributed by atoms with Crippen molar-refractivity contribution in [3.05, 3.63) is 35.4 Å². The normalized spacial score (nSPS) is 18.9. The first-order valence-corrected chi connectivity index (χ1v) is 8.83. The lowest BCUT2D eigenvalue weighted by atomic mass is 9.98. The van der Waals surface area contributed by atoms with Gasteiger partial charge >= 0.3 is 12.2 Å². The molecule has 0 bridgehead atoms. The van der Waals surface area contributed by atoms with Crippen LogP contribution in [0.1, 0.15) is 48.0 Å². The van der Waals surface area contributed by atoms with Crippen molar-refractivity contribution < 1.29 is 27.6 Å². The first-order chi connectivity index (χ1) is 12.7. The first kappa shape index (κ1) is 19.2. The molecule has 1 saturated carbocycles. The second-order valence-corrected chi connectivity index (χ2v) is 6.83.